The minimum absolute atomic E-state index is 0.647. The van der Waals surface area contributed by atoms with Crippen LogP contribution in [0.3, 0.4) is 0 Å². The van der Waals surface area contributed by atoms with Gasteiger partial charge in [0.15, 0.2) is 0 Å². The van der Waals surface area contributed by atoms with E-state index in [1.54, 1.807) is 0 Å². The van der Waals surface area contributed by atoms with Crippen molar-refractivity contribution in [3.05, 3.63) is 35.4 Å². The maximum atomic E-state index is 3.68. The van der Waals surface area contributed by atoms with Gasteiger partial charge in [0.05, 0.1) is 0 Å². The average Bonchev–Trinajstić information content (AvgIpc) is 3.14. The fourth-order valence-corrected chi connectivity index (χ4v) is 2.73. The Morgan fingerprint density at radius 2 is 2.00 bits per heavy atom. The summed E-state index contributed by atoms with van der Waals surface area (Å²) in [5.74, 6) is 1.79. The van der Waals surface area contributed by atoms with Crippen molar-refractivity contribution in [1.82, 2.24) is 5.32 Å². The first-order valence-electron chi connectivity index (χ1n) is 7.00. The van der Waals surface area contributed by atoms with Crippen LogP contribution in [0, 0.1) is 18.8 Å². The van der Waals surface area contributed by atoms with Crippen LogP contribution in [-0.4, -0.2) is 12.6 Å². The highest BCUT2D eigenvalue weighted by Gasteiger charge is 2.32. The third-order valence-electron chi connectivity index (χ3n) is 4.17. The van der Waals surface area contributed by atoms with E-state index >= 15 is 0 Å². The second kappa shape index (κ2) is 5.68. The molecule has 1 aliphatic rings. The van der Waals surface area contributed by atoms with Gasteiger partial charge in [-0.2, -0.15) is 0 Å². The van der Waals surface area contributed by atoms with Crippen molar-refractivity contribution in [2.75, 3.05) is 6.54 Å². The lowest BCUT2D eigenvalue weighted by Crippen LogP contribution is -2.37. The van der Waals surface area contributed by atoms with E-state index in [0.29, 0.717) is 6.04 Å². The molecule has 0 aromatic heterocycles. The van der Waals surface area contributed by atoms with Crippen LogP contribution in [0.2, 0.25) is 0 Å². The minimum atomic E-state index is 0.647. The van der Waals surface area contributed by atoms with E-state index in [9.17, 15) is 0 Å². The van der Waals surface area contributed by atoms with Gasteiger partial charge in [-0.15, -0.1) is 0 Å². The molecule has 2 rings (SSSR count). The smallest absolute Gasteiger partial charge is 0.0136 e. The highest BCUT2D eigenvalue weighted by atomic mass is 14.9. The van der Waals surface area contributed by atoms with Gasteiger partial charge in [0.25, 0.3) is 0 Å². The molecular formula is C16H25N. The molecule has 0 spiro atoms. The average molecular weight is 231 g/mol. The zero-order valence-electron chi connectivity index (χ0n) is 11.4. The summed E-state index contributed by atoms with van der Waals surface area (Å²) in [6, 6.07) is 9.44. The molecule has 1 N–H and O–H groups in total. The molecule has 2 atom stereocenters. The molecule has 0 saturated heterocycles. The number of aryl methyl sites for hydroxylation is 1. The molecule has 1 fully saturated rings. The lowest BCUT2D eigenvalue weighted by Gasteiger charge is -2.25. The van der Waals surface area contributed by atoms with Crippen LogP contribution in [0.1, 0.15) is 37.8 Å². The highest BCUT2D eigenvalue weighted by molar-refractivity contribution is 5.26. The van der Waals surface area contributed by atoms with Gasteiger partial charge in [-0.25, -0.2) is 0 Å². The first kappa shape index (κ1) is 12.6. The maximum Gasteiger partial charge on any atom is 0.0136 e. The van der Waals surface area contributed by atoms with Crippen molar-refractivity contribution < 1.29 is 0 Å². The summed E-state index contributed by atoms with van der Waals surface area (Å²) >= 11 is 0. The predicted octanol–water partition coefficient (Wildman–Crippen LogP) is 3.56. The van der Waals surface area contributed by atoms with Gasteiger partial charge < -0.3 is 5.32 Å². The SMILES string of the molecule is CCNC(Cc1ccccc1C)C(C)C1CC1. The molecule has 1 nitrogen and oxygen atoms in total. The fraction of sp³-hybridized carbons (Fsp3) is 0.625. The third kappa shape index (κ3) is 3.32. The van der Waals surface area contributed by atoms with Gasteiger partial charge >= 0.3 is 0 Å². The van der Waals surface area contributed by atoms with Crippen LogP contribution in [0.25, 0.3) is 0 Å². The van der Waals surface area contributed by atoms with Crippen LogP contribution in [0.15, 0.2) is 24.3 Å². The Morgan fingerprint density at radius 1 is 1.29 bits per heavy atom. The zero-order valence-corrected chi connectivity index (χ0v) is 11.4. The van der Waals surface area contributed by atoms with Crippen LogP contribution in [0.4, 0.5) is 0 Å². The van der Waals surface area contributed by atoms with E-state index in [1.807, 2.05) is 0 Å². The number of likely N-dealkylation sites (N-methyl/N-ethyl adjacent to an activating group) is 1. The van der Waals surface area contributed by atoms with Crippen molar-refractivity contribution in [3.8, 4) is 0 Å². The normalized spacial score (nSPS) is 19.0. The quantitative estimate of drug-likeness (QED) is 0.789. The summed E-state index contributed by atoms with van der Waals surface area (Å²) in [7, 11) is 0. The molecule has 1 aromatic rings. The maximum absolute atomic E-state index is 3.68. The number of hydrogen-bond donors (Lipinski definition) is 1. The van der Waals surface area contributed by atoms with Gasteiger partial charge in [0.1, 0.15) is 0 Å². The summed E-state index contributed by atoms with van der Waals surface area (Å²) < 4.78 is 0. The number of benzene rings is 1. The van der Waals surface area contributed by atoms with E-state index in [0.717, 1.165) is 18.4 Å². The molecule has 0 aliphatic heterocycles. The molecule has 2 unspecified atom stereocenters. The molecule has 1 aliphatic carbocycles. The first-order valence-corrected chi connectivity index (χ1v) is 7.00. The highest BCUT2D eigenvalue weighted by Crippen LogP contribution is 2.38. The van der Waals surface area contributed by atoms with Crippen molar-refractivity contribution in [1.29, 1.82) is 0 Å². The number of hydrogen-bond acceptors (Lipinski definition) is 1. The van der Waals surface area contributed by atoms with E-state index in [2.05, 4.69) is 50.4 Å². The molecule has 94 valence electrons. The second-order valence-corrected chi connectivity index (χ2v) is 5.49. The van der Waals surface area contributed by atoms with E-state index in [-0.39, 0.29) is 0 Å². The van der Waals surface area contributed by atoms with Gasteiger partial charge in [-0.3, -0.25) is 0 Å². The fourth-order valence-electron chi connectivity index (χ4n) is 2.73. The van der Waals surface area contributed by atoms with Gasteiger partial charge in [0, 0.05) is 6.04 Å². The number of rotatable bonds is 6. The summed E-state index contributed by atoms with van der Waals surface area (Å²) in [5, 5.41) is 3.68. The Morgan fingerprint density at radius 3 is 2.59 bits per heavy atom. The summed E-state index contributed by atoms with van der Waals surface area (Å²) in [6.07, 6.45) is 4.06. The molecule has 1 saturated carbocycles. The molecule has 1 aromatic carbocycles. The van der Waals surface area contributed by atoms with Gasteiger partial charge in [-0.1, -0.05) is 38.1 Å². The monoisotopic (exact) mass is 231 g/mol. The van der Waals surface area contributed by atoms with Crippen LogP contribution < -0.4 is 5.32 Å². The summed E-state index contributed by atoms with van der Waals surface area (Å²) in [4.78, 5) is 0. The van der Waals surface area contributed by atoms with E-state index in [4.69, 9.17) is 0 Å². The second-order valence-electron chi connectivity index (χ2n) is 5.49. The standard InChI is InChI=1S/C16H25N/c1-4-17-16(13(3)14-9-10-14)11-15-8-6-5-7-12(15)2/h5-8,13-14,16-17H,4,9-11H2,1-3H3. The van der Waals surface area contributed by atoms with E-state index < -0.39 is 0 Å². The van der Waals surface area contributed by atoms with Crippen LogP contribution in [-0.2, 0) is 6.42 Å². The molecule has 17 heavy (non-hydrogen) atoms. The Kier molecular flexibility index (Phi) is 4.22. The third-order valence-corrected chi connectivity index (χ3v) is 4.17. The van der Waals surface area contributed by atoms with Crippen molar-refractivity contribution >= 4 is 0 Å². The Hall–Kier alpha value is -0.820. The number of nitrogens with one attached hydrogen (secondary N) is 1. The molecule has 0 bridgehead atoms. The van der Waals surface area contributed by atoms with Gasteiger partial charge in [-0.05, 0) is 55.7 Å². The van der Waals surface area contributed by atoms with Crippen molar-refractivity contribution in [2.45, 2.75) is 46.1 Å². The predicted molar refractivity (Wildman–Crippen MR) is 74.2 cm³/mol. The lowest BCUT2D eigenvalue weighted by atomic mass is 9.90. The topological polar surface area (TPSA) is 12.0 Å². The van der Waals surface area contributed by atoms with E-state index in [1.165, 1.54) is 30.4 Å². The largest absolute Gasteiger partial charge is 0.314 e. The lowest BCUT2D eigenvalue weighted by molar-refractivity contribution is 0.344. The molecule has 0 amide bonds. The molecule has 0 heterocycles. The summed E-state index contributed by atoms with van der Waals surface area (Å²) in [6.45, 7) is 7.93. The van der Waals surface area contributed by atoms with Crippen LogP contribution in [0.5, 0.6) is 0 Å². The van der Waals surface area contributed by atoms with Crippen molar-refractivity contribution in [3.63, 3.8) is 0 Å². The Labute approximate surface area is 106 Å². The first-order chi connectivity index (χ1) is 8.22. The Bertz CT molecular complexity index is 354. The molecule has 1 heteroatoms. The Balaban J connectivity index is 2.04. The van der Waals surface area contributed by atoms with Crippen molar-refractivity contribution in [2.24, 2.45) is 11.8 Å². The minimum Gasteiger partial charge on any atom is -0.314 e. The molecular weight excluding hydrogens is 206 g/mol. The molecule has 0 radical (unpaired) electrons. The van der Waals surface area contributed by atoms with Gasteiger partial charge in [0.2, 0.25) is 0 Å². The summed E-state index contributed by atoms with van der Waals surface area (Å²) in [5.41, 5.74) is 2.93. The van der Waals surface area contributed by atoms with Crippen LogP contribution >= 0.6 is 0 Å². The zero-order chi connectivity index (χ0) is 12.3.